The van der Waals surface area contributed by atoms with E-state index in [-0.39, 0.29) is 11.0 Å². The highest BCUT2D eigenvalue weighted by atomic mass is 16.5. The monoisotopic (exact) mass is 365 g/mol. The van der Waals surface area contributed by atoms with E-state index in [1.54, 1.807) is 7.11 Å². The Hall–Kier alpha value is -2.49. The molecule has 0 aliphatic heterocycles. The van der Waals surface area contributed by atoms with Gasteiger partial charge < -0.3 is 10.1 Å². The molecule has 144 valence electrons. The summed E-state index contributed by atoms with van der Waals surface area (Å²) in [6.07, 6.45) is 3.18. The van der Waals surface area contributed by atoms with E-state index in [1.165, 1.54) is 5.56 Å². The van der Waals surface area contributed by atoms with Crippen LogP contribution in [0.3, 0.4) is 0 Å². The second-order valence-corrected chi connectivity index (χ2v) is 9.22. The third-order valence-electron chi connectivity index (χ3n) is 4.54. The number of nitrogens with zero attached hydrogens (tertiary/aromatic N) is 2. The summed E-state index contributed by atoms with van der Waals surface area (Å²) in [7, 11) is 1.69. The third-order valence-corrected chi connectivity index (χ3v) is 4.54. The van der Waals surface area contributed by atoms with E-state index in [1.807, 2.05) is 18.2 Å². The maximum atomic E-state index is 5.42. The lowest BCUT2D eigenvalue weighted by Gasteiger charge is -2.34. The molecular formula is C23H31N3O. The van der Waals surface area contributed by atoms with Crippen molar-refractivity contribution in [3.05, 3.63) is 48.2 Å². The number of rotatable bonds is 5. The van der Waals surface area contributed by atoms with Gasteiger partial charge in [0.2, 0.25) is 0 Å². The minimum atomic E-state index is -0.0778. The number of benzene rings is 1. The van der Waals surface area contributed by atoms with E-state index in [0.717, 1.165) is 34.9 Å². The Kier molecular flexibility index (Phi) is 4.94. The fourth-order valence-electron chi connectivity index (χ4n) is 3.93. The first-order valence-electron chi connectivity index (χ1n) is 9.49. The molecule has 0 aliphatic carbocycles. The molecule has 0 saturated carbocycles. The lowest BCUT2D eigenvalue weighted by molar-refractivity contribution is 0.302. The largest absolute Gasteiger partial charge is 0.497 e. The van der Waals surface area contributed by atoms with Gasteiger partial charge in [-0.3, -0.25) is 4.40 Å². The maximum Gasteiger partial charge on any atom is 0.139 e. The van der Waals surface area contributed by atoms with Crippen LogP contribution in [0.1, 0.15) is 46.6 Å². The van der Waals surface area contributed by atoms with Gasteiger partial charge in [-0.25, -0.2) is 4.98 Å². The number of nitrogens with one attached hydrogen (secondary N) is 1. The first kappa shape index (κ1) is 19.3. The van der Waals surface area contributed by atoms with Crippen LogP contribution in [-0.2, 0) is 0 Å². The molecule has 1 N–H and O–H groups in total. The summed E-state index contributed by atoms with van der Waals surface area (Å²) in [4.78, 5) is 4.92. The fraction of sp³-hybridized carbons (Fsp3) is 0.435. The second-order valence-electron chi connectivity index (χ2n) is 9.22. The van der Waals surface area contributed by atoms with Gasteiger partial charge in [0.05, 0.1) is 7.11 Å². The van der Waals surface area contributed by atoms with Gasteiger partial charge in [0.25, 0.3) is 0 Å². The van der Waals surface area contributed by atoms with Crippen LogP contribution >= 0.6 is 0 Å². The Morgan fingerprint density at radius 2 is 1.81 bits per heavy atom. The molecule has 27 heavy (non-hydrogen) atoms. The topological polar surface area (TPSA) is 38.6 Å². The van der Waals surface area contributed by atoms with E-state index in [9.17, 15) is 0 Å². The zero-order valence-electron chi connectivity index (χ0n) is 17.6. The zero-order valence-corrected chi connectivity index (χ0v) is 17.6. The summed E-state index contributed by atoms with van der Waals surface area (Å²) in [5.41, 5.74) is 4.28. The molecule has 4 heteroatoms. The summed E-state index contributed by atoms with van der Waals surface area (Å²) < 4.78 is 7.58. The predicted octanol–water partition coefficient (Wildman–Crippen LogP) is 5.95. The highest BCUT2D eigenvalue weighted by Gasteiger charge is 2.28. The van der Waals surface area contributed by atoms with Gasteiger partial charge >= 0.3 is 0 Å². The van der Waals surface area contributed by atoms with Crippen molar-refractivity contribution in [1.29, 1.82) is 0 Å². The lowest BCUT2D eigenvalue weighted by atomic mass is 9.82. The molecule has 0 fully saturated rings. The number of ether oxygens (including phenoxy) is 1. The molecule has 0 aliphatic rings. The maximum absolute atomic E-state index is 5.42. The van der Waals surface area contributed by atoms with Crippen LogP contribution in [0.5, 0.6) is 5.75 Å². The number of imidazole rings is 1. The predicted molar refractivity (Wildman–Crippen MR) is 114 cm³/mol. The van der Waals surface area contributed by atoms with Crippen LogP contribution in [0.25, 0.3) is 16.9 Å². The lowest BCUT2D eigenvalue weighted by Crippen LogP contribution is -2.36. The summed E-state index contributed by atoms with van der Waals surface area (Å²) in [5, 5.41) is 3.79. The van der Waals surface area contributed by atoms with E-state index in [4.69, 9.17) is 9.72 Å². The van der Waals surface area contributed by atoms with Crippen molar-refractivity contribution in [2.45, 2.75) is 53.5 Å². The van der Waals surface area contributed by atoms with Crippen molar-refractivity contribution < 1.29 is 4.74 Å². The minimum Gasteiger partial charge on any atom is -0.497 e. The van der Waals surface area contributed by atoms with Crippen molar-refractivity contribution in [2.75, 3.05) is 12.4 Å². The number of hydrogen-bond donors (Lipinski definition) is 1. The van der Waals surface area contributed by atoms with E-state index < -0.39 is 0 Å². The fourth-order valence-corrected chi connectivity index (χ4v) is 3.93. The van der Waals surface area contributed by atoms with Crippen molar-refractivity contribution in [2.24, 2.45) is 5.41 Å². The average Bonchev–Trinajstić information content (AvgIpc) is 2.90. The number of aromatic nitrogens is 2. The Labute approximate surface area is 162 Å². The van der Waals surface area contributed by atoms with Crippen molar-refractivity contribution in [3.63, 3.8) is 0 Å². The number of hydrogen-bond acceptors (Lipinski definition) is 3. The first-order valence-corrected chi connectivity index (χ1v) is 9.49. The highest BCUT2D eigenvalue weighted by molar-refractivity contribution is 5.77. The third kappa shape index (κ3) is 4.44. The van der Waals surface area contributed by atoms with Crippen molar-refractivity contribution >= 4 is 11.5 Å². The Balaban J connectivity index is 2.15. The van der Waals surface area contributed by atoms with Gasteiger partial charge in [-0.05, 0) is 56.4 Å². The molecule has 0 saturated heterocycles. The standard InChI is InChI=1S/C23H31N3O/c1-16-11-12-19-24-20(17-9-8-10-18(13-17)27-7)21(26(19)14-16)25-23(5,6)15-22(2,3)4/h8-14,25H,15H2,1-7H3. The van der Waals surface area contributed by atoms with Crippen LogP contribution in [0.2, 0.25) is 0 Å². The number of aryl methyl sites for hydroxylation is 1. The van der Waals surface area contributed by atoms with Crippen LogP contribution in [0.15, 0.2) is 42.6 Å². The molecule has 2 heterocycles. The summed E-state index contributed by atoms with van der Waals surface area (Å²) in [6.45, 7) is 13.4. The zero-order chi connectivity index (χ0) is 19.8. The molecule has 1 aromatic carbocycles. The van der Waals surface area contributed by atoms with Crippen LogP contribution in [0.4, 0.5) is 5.82 Å². The summed E-state index contributed by atoms with van der Waals surface area (Å²) in [5.74, 6) is 1.86. The number of fused-ring (bicyclic) bond motifs is 1. The molecule has 4 nitrogen and oxygen atoms in total. The van der Waals surface area contributed by atoms with E-state index in [0.29, 0.717) is 0 Å². The van der Waals surface area contributed by atoms with E-state index >= 15 is 0 Å². The van der Waals surface area contributed by atoms with Gasteiger partial charge in [0.1, 0.15) is 22.9 Å². The number of methoxy groups -OCH3 is 1. The second kappa shape index (κ2) is 6.91. The number of anilines is 1. The Morgan fingerprint density at radius 3 is 2.48 bits per heavy atom. The van der Waals surface area contributed by atoms with Crippen LogP contribution in [0, 0.1) is 12.3 Å². The van der Waals surface area contributed by atoms with Crippen molar-refractivity contribution in [3.8, 4) is 17.0 Å². The van der Waals surface area contributed by atoms with E-state index in [2.05, 4.69) is 75.7 Å². The normalized spacial score (nSPS) is 12.4. The molecule has 3 aromatic rings. The molecular weight excluding hydrogens is 334 g/mol. The number of pyridine rings is 1. The molecule has 0 spiro atoms. The molecule has 0 atom stereocenters. The summed E-state index contributed by atoms with van der Waals surface area (Å²) in [6, 6.07) is 12.3. The SMILES string of the molecule is COc1cccc(-c2nc3ccc(C)cn3c2NC(C)(C)CC(C)(C)C)c1. The van der Waals surface area contributed by atoms with Gasteiger partial charge in [0, 0.05) is 17.3 Å². The van der Waals surface area contributed by atoms with Crippen LogP contribution < -0.4 is 10.1 Å². The molecule has 0 bridgehead atoms. The van der Waals surface area contributed by atoms with Crippen molar-refractivity contribution in [1.82, 2.24) is 9.38 Å². The molecule has 0 amide bonds. The molecule has 0 radical (unpaired) electrons. The van der Waals surface area contributed by atoms with Gasteiger partial charge in [-0.15, -0.1) is 0 Å². The quantitative estimate of drug-likeness (QED) is 0.607. The van der Waals surface area contributed by atoms with Gasteiger partial charge in [0.15, 0.2) is 0 Å². The highest BCUT2D eigenvalue weighted by Crippen LogP contribution is 2.35. The van der Waals surface area contributed by atoms with Gasteiger partial charge in [-0.1, -0.05) is 39.0 Å². The first-order chi connectivity index (χ1) is 12.6. The van der Waals surface area contributed by atoms with Crippen LogP contribution in [-0.4, -0.2) is 22.0 Å². The van der Waals surface area contributed by atoms with Gasteiger partial charge in [-0.2, -0.15) is 0 Å². The molecule has 3 rings (SSSR count). The molecule has 2 aromatic heterocycles. The Bertz CT molecular complexity index is 948. The molecule has 0 unspecified atom stereocenters. The summed E-state index contributed by atoms with van der Waals surface area (Å²) >= 11 is 0. The minimum absolute atomic E-state index is 0.0778. The smallest absolute Gasteiger partial charge is 0.139 e. The average molecular weight is 366 g/mol. The Morgan fingerprint density at radius 1 is 1.07 bits per heavy atom.